The first-order valence-corrected chi connectivity index (χ1v) is 18.9. The quantitative estimate of drug-likeness (QED) is 0.329. The number of nitrogens with zero attached hydrogens (tertiary/aromatic N) is 3. The van der Waals surface area contributed by atoms with Crippen molar-refractivity contribution < 1.29 is 40.7 Å². The van der Waals surface area contributed by atoms with E-state index in [2.05, 4.69) is 9.88 Å². The van der Waals surface area contributed by atoms with Gasteiger partial charge in [-0.2, -0.15) is 4.31 Å². The van der Waals surface area contributed by atoms with Crippen molar-refractivity contribution in [1.29, 1.82) is 0 Å². The Morgan fingerprint density at radius 3 is 2.44 bits per heavy atom. The van der Waals surface area contributed by atoms with Gasteiger partial charge in [-0.25, -0.2) is 16.8 Å². The number of ether oxygens (including phenoxy) is 2. The molecule has 0 spiro atoms. The van der Waals surface area contributed by atoms with Crippen LogP contribution in [0.2, 0.25) is 0 Å². The van der Waals surface area contributed by atoms with Gasteiger partial charge >= 0.3 is 0 Å². The summed E-state index contributed by atoms with van der Waals surface area (Å²) in [6.45, 7) is 8.66. The number of carbonyl (C=O) groups excluding carboxylic acids is 1. The molecule has 13 nitrogen and oxygen atoms in total. The lowest BCUT2D eigenvalue weighted by Gasteiger charge is -2.35. The van der Waals surface area contributed by atoms with Crippen LogP contribution in [0.3, 0.4) is 0 Å². The second kappa shape index (κ2) is 15.8. The third-order valence-electron chi connectivity index (χ3n) is 8.43. The van der Waals surface area contributed by atoms with Crippen molar-refractivity contribution in [3.8, 4) is 5.75 Å². The van der Waals surface area contributed by atoms with Gasteiger partial charge in [0.1, 0.15) is 11.4 Å². The third kappa shape index (κ3) is 8.74. The summed E-state index contributed by atoms with van der Waals surface area (Å²) in [4.78, 5) is 15.9. The molecule has 1 aliphatic heterocycles. The maximum absolute atomic E-state index is 14.4. The molecular weight excluding hydrogens is 661 g/mol. The van der Waals surface area contributed by atoms with Gasteiger partial charge in [-0.1, -0.05) is 30.3 Å². The maximum atomic E-state index is 14.4. The van der Waals surface area contributed by atoms with E-state index in [0.29, 0.717) is 19.4 Å². The van der Waals surface area contributed by atoms with E-state index in [1.807, 2.05) is 13.8 Å². The van der Waals surface area contributed by atoms with Gasteiger partial charge in [0.25, 0.3) is 15.9 Å². The molecular formula is C33H46N4O9S2. The van der Waals surface area contributed by atoms with Crippen LogP contribution in [-0.4, -0.2) is 93.8 Å². The van der Waals surface area contributed by atoms with Crippen LogP contribution in [0.5, 0.6) is 5.75 Å². The molecule has 0 unspecified atom stereocenters. The summed E-state index contributed by atoms with van der Waals surface area (Å²) in [7, 11) is -6.41. The van der Waals surface area contributed by atoms with E-state index in [1.54, 1.807) is 31.2 Å². The molecule has 1 aliphatic rings. The summed E-state index contributed by atoms with van der Waals surface area (Å²) in [5.41, 5.74) is 0.423. The van der Waals surface area contributed by atoms with Crippen molar-refractivity contribution in [3.63, 3.8) is 0 Å². The van der Waals surface area contributed by atoms with E-state index >= 15 is 0 Å². The normalized spacial score (nSPS) is 20.9. The Morgan fingerprint density at radius 1 is 1.08 bits per heavy atom. The fraction of sp³-hybridized carbons (Fsp3) is 0.515. The van der Waals surface area contributed by atoms with E-state index in [0.717, 1.165) is 6.42 Å². The second-order valence-electron chi connectivity index (χ2n) is 12.4. The number of sulfonamides is 2. The summed E-state index contributed by atoms with van der Waals surface area (Å²) in [5.74, 6) is -0.467. The molecule has 0 saturated heterocycles. The standard InChI is InChI=1S/C33H46N4O9S2/c1-22-19-37(23(2)21-38)33(39)29-18-27(35-47(40,41)32-25(4)34-46-26(32)5)15-16-30(29)45-24(3)12-10-11-17-44-31(22)20-36(6)48(42,43)28-13-8-7-9-14-28/h7-9,13-16,18,22-24,31,35,38H,10-12,17,19-21H2,1-6H3/t22-,23-,24-,31+/m0/s1. The topological polar surface area (TPSA) is 169 Å². The molecule has 1 aromatic heterocycles. The highest BCUT2D eigenvalue weighted by Crippen LogP contribution is 2.30. The molecule has 0 radical (unpaired) electrons. The number of rotatable bonds is 9. The number of amides is 1. The van der Waals surface area contributed by atoms with Crippen LogP contribution in [0, 0.1) is 19.8 Å². The van der Waals surface area contributed by atoms with Gasteiger partial charge < -0.3 is 24.0 Å². The first kappa shape index (κ1) is 37.3. The fourth-order valence-electron chi connectivity index (χ4n) is 5.64. The number of anilines is 1. The lowest BCUT2D eigenvalue weighted by molar-refractivity contribution is -0.00833. The minimum absolute atomic E-state index is 0.0393. The zero-order valence-electron chi connectivity index (χ0n) is 28.2. The average Bonchev–Trinajstić information content (AvgIpc) is 3.40. The van der Waals surface area contributed by atoms with Gasteiger partial charge in [0.15, 0.2) is 10.7 Å². The molecule has 48 heavy (non-hydrogen) atoms. The maximum Gasteiger partial charge on any atom is 0.267 e. The molecule has 4 rings (SSSR count). The zero-order valence-corrected chi connectivity index (χ0v) is 29.9. The molecule has 3 aromatic rings. The van der Waals surface area contributed by atoms with Gasteiger partial charge in [-0.15, -0.1) is 0 Å². The van der Waals surface area contributed by atoms with Crippen molar-refractivity contribution in [3.05, 3.63) is 65.5 Å². The zero-order chi connectivity index (χ0) is 35.2. The number of hydrogen-bond acceptors (Lipinski definition) is 10. The largest absolute Gasteiger partial charge is 0.490 e. The molecule has 1 amide bonds. The predicted octanol–water partition coefficient (Wildman–Crippen LogP) is 4.21. The summed E-state index contributed by atoms with van der Waals surface area (Å²) < 4.78 is 74.7. The Bertz CT molecular complexity index is 1740. The number of carbonyl (C=O) groups is 1. The van der Waals surface area contributed by atoms with E-state index in [9.17, 15) is 26.7 Å². The molecule has 0 aliphatic carbocycles. The highest BCUT2D eigenvalue weighted by Gasteiger charge is 2.33. The SMILES string of the molecule is Cc1noc(C)c1S(=O)(=O)Nc1ccc2c(c1)C(=O)N([C@@H](C)CO)C[C@H](C)[C@@H](CN(C)S(=O)(=O)c1ccccc1)OCCCC[C@H](C)O2. The minimum atomic E-state index is -4.11. The summed E-state index contributed by atoms with van der Waals surface area (Å²) in [6, 6.07) is 12.0. The number of fused-ring (bicyclic) bond motifs is 1. The fourth-order valence-corrected chi connectivity index (χ4v) is 8.22. The number of aryl methyl sites for hydroxylation is 2. The van der Waals surface area contributed by atoms with Crippen molar-refractivity contribution in [2.24, 2.45) is 5.92 Å². The summed E-state index contributed by atoms with van der Waals surface area (Å²) in [6.07, 6.45) is 1.24. The molecule has 0 bridgehead atoms. The number of likely N-dealkylation sites (N-methyl/N-ethyl adjacent to an activating group) is 1. The van der Waals surface area contributed by atoms with Gasteiger partial charge in [0, 0.05) is 38.3 Å². The molecule has 0 fully saturated rings. The van der Waals surface area contributed by atoms with Gasteiger partial charge in [-0.3, -0.25) is 9.52 Å². The Hall–Kier alpha value is -3.50. The van der Waals surface area contributed by atoms with Gasteiger partial charge in [-0.05, 0) is 77.3 Å². The number of hydrogen-bond donors (Lipinski definition) is 2. The molecule has 0 saturated carbocycles. The number of aliphatic hydroxyl groups is 1. The molecule has 2 heterocycles. The molecule has 15 heteroatoms. The second-order valence-corrected chi connectivity index (χ2v) is 16.0. The first-order valence-electron chi connectivity index (χ1n) is 16.0. The van der Waals surface area contributed by atoms with Crippen LogP contribution in [0.4, 0.5) is 5.69 Å². The predicted molar refractivity (Wildman–Crippen MR) is 180 cm³/mol. The van der Waals surface area contributed by atoms with Crippen molar-refractivity contribution in [2.75, 3.05) is 38.1 Å². The Balaban J connectivity index is 1.69. The highest BCUT2D eigenvalue weighted by molar-refractivity contribution is 7.92. The Morgan fingerprint density at radius 2 is 1.79 bits per heavy atom. The van der Waals surface area contributed by atoms with Crippen molar-refractivity contribution in [2.45, 2.75) is 81.9 Å². The van der Waals surface area contributed by atoms with Crippen LogP contribution >= 0.6 is 0 Å². The van der Waals surface area contributed by atoms with E-state index in [-0.39, 0.29) is 70.0 Å². The summed E-state index contributed by atoms with van der Waals surface area (Å²) in [5, 5.41) is 14.0. The van der Waals surface area contributed by atoms with E-state index < -0.39 is 38.1 Å². The highest BCUT2D eigenvalue weighted by atomic mass is 32.2. The van der Waals surface area contributed by atoms with Crippen molar-refractivity contribution >= 4 is 31.6 Å². The van der Waals surface area contributed by atoms with Gasteiger partial charge in [0.2, 0.25) is 10.0 Å². The van der Waals surface area contributed by atoms with Gasteiger partial charge in [0.05, 0.1) is 35.3 Å². The lowest BCUT2D eigenvalue weighted by Crippen LogP contribution is -2.48. The van der Waals surface area contributed by atoms with E-state index in [1.165, 1.54) is 54.4 Å². The first-order chi connectivity index (χ1) is 22.6. The summed E-state index contributed by atoms with van der Waals surface area (Å²) >= 11 is 0. The van der Waals surface area contributed by atoms with Crippen LogP contribution < -0.4 is 9.46 Å². The number of aliphatic hydroxyl groups excluding tert-OH is 1. The molecule has 2 N–H and O–H groups in total. The lowest BCUT2D eigenvalue weighted by atomic mass is 10.0. The van der Waals surface area contributed by atoms with Crippen LogP contribution in [0.25, 0.3) is 0 Å². The van der Waals surface area contributed by atoms with E-state index in [4.69, 9.17) is 14.0 Å². The van der Waals surface area contributed by atoms with Crippen molar-refractivity contribution in [1.82, 2.24) is 14.4 Å². The number of nitrogens with one attached hydrogen (secondary N) is 1. The molecule has 264 valence electrons. The average molecular weight is 707 g/mol. The van der Waals surface area contributed by atoms with Crippen LogP contribution in [0.15, 0.2) is 62.8 Å². The minimum Gasteiger partial charge on any atom is -0.490 e. The third-order valence-corrected chi connectivity index (χ3v) is 11.9. The molecule has 2 aromatic carbocycles. The van der Waals surface area contributed by atoms with Crippen LogP contribution in [-0.2, 0) is 24.8 Å². The Kier molecular flexibility index (Phi) is 12.3. The van der Waals surface area contributed by atoms with Crippen LogP contribution in [0.1, 0.15) is 61.8 Å². The number of aromatic nitrogens is 1. The number of benzene rings is 2. The smallest absolute Gasteiger partial charge is 0.267 e. The monoisotopic (exact) mass is 706 g/mol. The molecule has 4 atom stereocenters. The Labute approximate surface area is 283 Å².